The van der Waals surface area contributed by atoms with E-state index in [9.17, 15) is 18.8 Å². The Hall–Kier alpha value is -3.01. The van der Waals surface area contributed by atoms with Crippen LogP contribution in [0.1, 0.15) is 13.8 Å². The summed E-state index contributed by atoms with van der Waals surface area (Å²) >= 11 is 1.10. The Bertz CT molecular complexity index is 1210. The van der Waals surface area contributed by atoms with Gasteiger partial charge in [0, 0.05) is 43.8 Å². The molecule has 0 unspecified atom stereocenters. The van der Waals surface area contributed by atoms with Crippen molar-refractivity contribution in [1.82, 2.24) is 18.4 Å². The van der Waals surface area contributed by atoms with Gasteiger partial charge in [-0.2, -0.15) is 4.37 Å². The van der Waals surface area contributed by atoms with Gasteiger partial charge in [-0.25, -0.2) is 9.18 Å². The summed E-state index contributed by atoms with van der Waals surface area (Å²) in [5.41, 5.74) is 0.644. The Kier molecular flexibility index (Phi) is 5.90. The number of amides is 1. The molecule has 10 heteroatoms. The third kappa shape index (κ3) is 4.25. The molecule has 8 nitrogen and oxygen atoms in total. The van der Waals surface area contributed by atoms with Gasteiger partial charge in [0.2, 0.25) is 5.91 Å². The Morgan fingerprint density at radius 2 is 1.77 bits per heavy atom. The molecule has 0 N–H and O–H groups in total. The number of piperazine rings is 1. The molecule has 0 saturated carbocycles. The van der Waals surface area contributed by atoms with Crippen LogP contribution in [0.15, 0.2) is 39.2 Å². The molecule has 0 atom stereocenters. The van der Waals surface area contributed by atoms with Crippen molar-refractivity contribution in [3.63, 3.8) is 0 Å². The highest BCUT2D eigenvalue weighted by molar-refractivity contribution is 7.04. The van der Waals surface area contributed by atoms with E-state index in [-0.39, 0.29) is 36.2 Å². The fourth-order valence-corrected chi connectivity index (χ4v) is 4.48. The lowest BCUT2D eigenvalue weighted by molar-refractivity contribution is -0.132. The van der Waals surface area contributed by atoms with E-state index in [1.54, 1.807) is 22.4 Å². The molecule has 1 aromatic carbocycles. The maximum absolute atomic E-state index is 13.1. The maximum atomic E-state index is 13.1. The highest BCUT2D eigenvalue weighted by Gasteiger charge is 2.24. The van der Waals surface area contributed by atoms with Crippen LogP contribution >= 0.6 is 11.5 Å². The highest BCUT2D eigenvalue weighted by atomic mass is 32.1. The van der Waals surface area contributed by atoms with E-state index in [2.05, 4.69) is 9.27 Å². The molecule has 2 aromatic heterocycles. The highest BCUT2D eigenvalue weighted by Crippen LogP contribution is 2.17. The van der Waals surface area contributed by atoms with Gasteiger partial charge in [0.05, 0.1) is 5.52 Å². The van der Waals surface area contributed by atoms with Gasteiger partial charge in [0.1, 0.15) is 12.4 Å². The first-order valence-electron chi connectivity index (χ1n) is 10.2. The summed E-state index contributed by atoms with van der Waals surface area (Å²) in [7, 11) is 0. The van der Waals surface area contributed by atoms with Gasteiger partial charge in [0.15, 0.2) is 5.52 Å². The minimum absolute atomic E-state index is 0.102. The van der Waals surface area contributed by atoms with Crippen molar-refractivity contribution in [2.45, 2.75) is 26.9 Å². The summed E-state index contributed by atoms with van der Waals surface area (Å²) in [4.78, 5) is 42.5. The molecule has 0 radical (unpaired) electrons. The Morgan fingerprint density at radius 3 is 2.42 bits per heavy atom. The van der Waals surface area contributed by atoms with E-state index in [0.29, 0.717) is 31.7 Å². The van der Waals surface area contributed by atoms with Gasteiger partial charge in [-0.3, -0.25) is 18.7 Å². The summed E-state index contributed by atoms with van der Waals surface area (Å²) in [6.07, 6.45) is 0. The Morgan fingerprint density at radius 1 is 1.10 bits per heavy atom. The molecule has 31 heavy (non-hydrogen) atoms. The van der Waals surface area contributed by atoms with Crippen LogP contribution in [0.2, 0.25) is 0 Å². The summed E-state index contributed by atoms with van der Waals surface area (Å²) in [5.74, 6) is -0.357. The zero-order valence-electron chi connectivity index (χ0n) is 17.5. The van der Waals surface area contributed by atoms with Gasteiger partial charge in [-0.05, 0) is 41.7 Å². The van der Waals surface area contributed by atoms with Gasteiger partial charge in [-0.15, -0.1) is 0 Å². The molecule has 0 spiro atoms. The van der Waals surface area contributed by atoms with E-state index in [1.165, 1.54) is 21.3 Å². The Balaban J connectivity index is 1.53. The molecule has 3 heterocycles. The van der Waals surface area contributed by atoms with Crippen molar-refractivity contribution >= 4 is 34.2 Å². The summed E-state index contributed by atoms with van der Waals surface area (Å²) in [5, 5.41) is 1.64. The second kappa shape index (κ2) is 8.62. The smallest absolute Gasteiger partial charge is 0.332 e. The van der Waals surface area contributed by atoms with Crippen LogP contribution in [0.25, 0.3) is 11.0 Å². The molecular formula is C21H24FN5O3S. The van der Waals surface area contributed by atoms with Crippen molar-refractivity contribution in [2.24, 2.45) is 5.92 Å². The van der Waals surface area contributed by atoms with Gasteiger partial charge in [-0.1, -0.05) is 13.8 Å². The zero-order chi connectivity index (χ0) is 22.1. The van der Waals surface area contributed by atoms with E-state index >= 15 is 0 Å². The van der Waals surface area contributed by atoms with Gasteiger partial charge < -0.3 is 9.80 Å². The number of anilines is 1. The average molecular weight is 446 g/mol. The molecule has 1 amide bonds. The normalized spacial score (nSPS) is 14.6. The minimum Gasteiger partial charge on any atom is -0.368 e. The van der Waals surface area contributed by atoms with E-state index in [1.807, 2.05) is 13.8 Å². The quantitative estimate of drug-likeness (QED) is 0.598. The van der Waals surface area contributed by atoms with Gasteiger partial charge in [0.25, 0.3) is 5.56 Å². The van der Waals surface area contributed by atoms with Gasteiger partial charge >= 0.3 is 5.69 Å². The molecule has 1 saturated heterocycles. The number of halogens is 1. The number of hydrogen-bond donors (Lipinski definition) is 0. The molecule has 1 aliphatic rings. The number of benzene rings is 1. The molecular weight excluding hydrogens is 421 g/mol. The number of hydrogen-bond acceptors (Lipinski definition) is 6. The summed E-state index contributed by atoms with van der Waals surface area (Å²) in [6.45, 7) is 6.23. The van der Waals surface area contributed by atoms with E-state index in [0.717, 1.165) is 17.2 Å². The molecule has 1 aliphatic heterocycles. The standard InChI is InChI=1S/C21H24FN5O3S/c1-14(2)11-27-20(29)19-17(13-31-23-19)26(21(27)30)12-18(28)25-9-7-24(8-10-25)16-5-3-15(22)4-6-16/h3-6,13-14H,7-12H2,1-2H3. The second-order valence-corrected chi connectivity index (χ2v) is 8.70. The van der Waals surface area contributed by atoms with Crippen molar-refractivity contribution in [1.29, 1.82) is 0 Å². The number of carbonyl (C=O) groups is 1. The number of carbonyl (C=O) groups excluding carboxylic acids is 1. The number of aromatic nitrogens is 3. The molecule has 0 aliphatic carbocycles. The number of rotatable bonds is 5. The van der Waals surface area contributed by atoms with Crippen LogP contribution in [0, 0.1) is 11.7 Å². The van der Waals surface area contributed by atoms with E-state index in [4.69, 9.17) is 0 Å². The lowest BCUT2D eigenvalue weighted by Gasteiger charge is -2.36. The molecule has 1 fully saturated rings. The van der Waals surface area contributed by atoms with Crippen molar-refractivity contribution in [3.8, 4) is 0 Å². The first kappa shape index (κ1) is 21.2. The lowest BCUT2D eigenvalue weighted by Crippen LogP contribution is -2.51. The summed E-state index contributed by atoms with van der Waals surface area (Å²) in [6, 6.07) is 6.30. The Labute approximate surface area is 182 Å². The fourth-order valence-electron chi connectivity index (χ4n) is 3.82. The molecule has 3 aromatic rings. The lowest BCUT2D eigenvalue weighted by atomic mass is 10.2. The molecule has 164 valence electrons. The van der Waals surface area contributed by atoms with Crippen LogP contribution in [0.3, 0.4) is 0 Å². The number of fused-ring (bicyclic) bond motifs is 1. The van der Waals surface area contributed by atoms with Crippen molar-refractivity contribution < 1.29 is 9.18 Å². The monoisotopic (exact) mass is 445 g/mol. The first-order chi connectivity index (χ1) is 14.8. The predicted molar refractivity (Wildman–Crippen MR) is 118 cm³/mol. The molecule has 0 bridgehead atoms. The largest absolute Gasteiger partial charge is 0.368 e. The maximum Gasteiger partial charge on any atom is 0.332 e. The first-order valence-corrected chi connectivity index (χ1v) is 11.0. The fraction of sp³-hybridized carbons (Fsp3) is 0.429. The SMILES string of the molecule is CC(C)Cn1c(=O)c2nscc2n(CC(=O)N2CCN(c3ccc(F)cc3)CC2)c1=O. The van der Waals surface area contributed by atoms with Crippen molar-refractivity contribution in [2.75, 3.05) is 31.1 Å². The van der Waals surface area contributed by atoms with Crippen LogP contribution in [0.5, 0.6) is 0 Å². The van der Waals surface area contributed by atoms with Crippen LogP contribution in [-0.4, -0.2) is 50.5 Å². The number of nitrogens with zero attached hydrogens (tertiary/aromatic N) is 5. The van der Waals surface area contributed by atoms with Crippen molar-refractivity contribution in [3.05, 3.63) is 56.3 Å². The third-order valence-corrected chi connectivity index (χ3v) is 6.03. The van der Waals surface area contributed by atoms with E-state index < -0.39 is 11.2 Å². The second-order valence-electron chi connectivity index (χ2n) is 8.07. The van der Waals surface area contributed by atoms with Crippen LogP contribution in [0.4, 0.5) is 10.1 Å². The summed E-state index contributed by atoms with van der Waals surface area (Å²) < 4.78 is 19.8. The van der Waals surface area contributed by atoms with Crippen LogP contribution in [-0.2, 0) is 17.9 Å². The molecule has 4 rings (SSSR count). The third-order valence-electron chi connectivity index (χ3n) is 5.42. The zero-order valence-corrected chi connectivity index (χ0v) is 18.3. The predicted octanol–water partition coefficient (Wildman–Crippen LogP) is 1.76. The topological polar surface area (TPSA) is 80.4 Å². The van der Waals surface area contributed by atoms with Crippen LogP contribution < -0.4 is 16.1 Å². The minimum atomic E-state index is -0.482. The average Bonchev–Trinajstić information content (AvgIpc) is 3.24.